The molecule has 1 atom stereocenters. The molecule has 1 unspecified atom stereocenters. The van der Waals surface area contributed by atoms with Gasteiger partial charge in [-0.15, -0.1) is 0 Å². The number of nitrogens with one attached hydrogen (secondary N) is 1. The molecule has 0 radical (unpaired) electrons. The first-order valence-corrected chi connectivity index (χ1v) is 14.9. The van der Waals surface area contributed by atoms with E-state index in [0.717, 1.165) is 60.7 Å². The Morgan fingerprint density at radius 2 is 1.67 bits per heavy atom. The molecule has 42 heavy (non-hydrogen) atoms. The molecule has 2 aromatic carbocycles. The summed E-state index contributed by atoms with van der Waals surface area (Å²) in [6.45, 7) is 6.72. The highest BCUT2D eigenvalue weighted by Crippen LogP contribution is 2.36. The number of piperazine rings is 1. The molecule has 1 heterocycles. The van der Waals surface area contributed by atoms with Crippen LogP contribution in [0.15, 0.2) is 42.5 Å². The fourth-order valence-corrected chi connectivity index (χ4v) is 6.35. The maximum Gasteiger partial charge on any atom is 0.261 e. The Labute approximate surface area is 248 Å². The molecule has 1 saturated heterocycles. The van der Waals surface area contributed by atoms with Gasteiger partial charge in [0.15, 0.2) is 0 Å². The Kier molecular flexibility index (Phi) is 11.0. The topological polar surface area (TPSA) is 107 Å². The van der Waals surface area contributed by atoms with Gasteiger partial charge < -0.3 is 15.0 Å². The molecule has 0 aromatic heterocycles. The fourth-order valence-electron chi connectivity index (χ4n) is 6.35. The lowest BCUT2D eigenvalue weighted by Gasteiger charge is -2.39. The SMILES string of the molecule is CNC(=O)C(CCC=O)N(C=O)C(=O)c1ccc(N2CCN(CC3CCC(c4ccc(C=O)cc4)CC3)CC2)cc1C. The van der Waals surface area contributed by atoms with Gasteiger partial charge in [-0.2, -0.15) is 0 Å². The first-order valence-electron chi connectivity index (χ1n) is 14.9. The Bertz CT molecular complexity index is 1250. The average molecular weight is 575 g/mol. The van der Waals surface area contributed by atoms with Gasteiger partial charge in [-0.05, 0) is 80.2 Å². The maximum atomic E-state index is 13.3. The molecule has 3 amide bonds. The molecule has 2 aliphatic rings. The quantitative estimate of drug-likeness (QED) is 0.386. The zero-order valence-electron chi connectivity index (χ0n) is 24.7. The van der Waals surface area contributed by atoms with Crippen LogP contribution in [0.25, 0.3) is 0 Å². The lowest BCUT2D eigenvalue weighted by Crippen LogP contribution is -2.48. The number of carbonyl (C=O) groups excluding carboxylic acids is 5. The number of aryl methyl sites for hydroxylation is 1. The van der Waals surface area contributed by atoms with Crippen molar-refractivity contribution in [1.29, 1.82) is 0 Å². The summed E-state index contributed by atoms with van der Waals surface area (Å²) in [5.41, 5.74) is 4.20. The van der Waals surface area contributed by atoms with Crippen molar-refractivity contribution in [3.63, 3.8) is 0 Å². The van der Waals surface area contributed by atoms with Crippen LogP contribution in [0.1, 0.15) is 76.3 Å². The molecule has 2 aromatic rings. The molecule has 4 rings (SSSR count). The van der Waals surface area contributed by atoms with E-state index in [1.807, 2.05) is 31.2 Å². The minimum Gasteiger partial charge on any atom is -0.369 e. The van der Waals surface area contributed by atoms with Gasteiger partial charge in [0.2, 0.25) is 12.3 Å². The minimum absolute atomic E-state index is 0.0681. The van der Waals surface area contributed by atoms with Gasteiger partial charge in [0.25, 0.3) is 5.91 Å². The number of imide groups is 1. The molecule has 1 aliphatic heterocycles. The van der Waals surface area contributed by atoms with Crippen LogP contribution in [0.5, 0.6) is 0 Å². The number of likely N-dealkylation sites (N-methyl/N-ethyl adjacent to an activating group) is 1. The third kappa shape index (κ3) is 7.50. The summed E-state index contributed by atoms with van der Waals surface area (Å²) in [6.07, 6.45) is 6.92. The summed E-state index contributed by atoms with van der Waals surface area (Å²) < 4.78 is 0. The van der Waals surface area contributed by atoms with E-state index < -0.39 is 17.9 Å². The lowest BCUT2D eigenvalue weighted by molar-refractivity contribution is -0.131. The highest BCUT2D eigenvalue weighted by molar-refractivity contribution is 6.04. The molecule has 224 valence electrons. The average Bonchev–Trinajstić information content (AvgIpc) is 3.03. The molecule has 1 aliphatic carbocycles. The van der Waals surface area contributed by atoms with Gasteiger partial charge in [0.1, 0.15) is 18.6 Å². The molecule has 2 fully saturated rings. The second-order valence-corrected chi connectivity index (χ2v) is 11.5. The fraction of sp³-hybridized carbons (Fsp3) is 0.485. The molecule has 0 spiro atoms. The maximum absolute atomic E-state index is 13.3. The first-order chi connectivity index (χ1) is 20.4. The van der Waals surface area contributed by atoms with Crippen LogP contribution >= 0.6 is 0 Å². The van der Waals surface area contributed by atoms with E-state index in [0.29, 0.717) is 30.1 Å². The minimum atomic E-state index is -1.04. The molecule has 9 heteroatoms. The normalized spacial score (nSPS) is 19.9. The van der Waals surface area contributed by atoms with Crippen LogP contribution < -0.4 is 10.2 Å². The van der Waals surface area contributed by atoms with Crippen LogP contribution in [0.4, 0.5) is 5.69 Å². The smallest absolute Gasteiger partial charge is 0.261 e. The molecule has 1 saturated carbocycles. The molecule has 0 bridgehead atoms. The summed E-state index contributed by atoms with van der Waals surface area (Å²) in [5, 5.41) is 2.48. The van der Waals surface area contributed by atoms with Crippen molar-refractivity contribution in [3.05, 3.63) is 64.7 Å². The van der Waals surface area contributed by atoms with Gasteiger partial charge in [-0.25, -0.2) is 0 Å². The molecule has 9 nitrogen and oxygen atoms in total. The number of amides is 3. The molecular formula is C33H42N4O5. The van der Waals surface area contributed by atoms with Gasteiger partial charge in [-0.1, -0.05) is 24.3 Å². The zero-order valence-corrected chi connectivity index (χ0v) is 24.7. The summed E-state index contributed by atoms with van der Waals surface area (Å²) in [5.74, 6) is 0.260. The van der Waals surface area contributed by atoms with Crippen molar-refractivity contribution < 1.29 is 24.0 Å². The summed E-state index contributed by atoms with van der Waals surface area (Å²) in [4.78, 5) is 65.0. The van der Waals surface area contributed by atoms with E-state index in [1.54, 1.807) is 6.07 Å². The third-order valence-corrected chi connectivity index (χ3v) is 8.88. The Hall–Kier alpha value is -3.85. The van der Waals surface area contributed by atoms with Crippen molar-refractivity contribution in [2.75, 3.05) is 44.7 Å². The monoisotopic (exact) mass is 574 g/mol. The predicted molar refractivity (Wildman–Crippen MR) is 162 cm³/mol. The van der Waals surface area contributed by atoms with Crippen LogP contribution in [0, 0.1) is 12.8 Å². The molecule has 1 N–H and O–H groups in total. The van der Waals surface area contributed by atoms with E-state index in [-0.39, 0.29) is 12.8 Å². The Morgan fingerprint density at radius 1 is 0.976 bits per heavy atom. The summed E-state index contributed by atoms with van der Waals surface area (Å²) in [6, 6.07) is 12.6. The third-order valence-electron chi connectivity index (χ3n) is 8.88. The van der Waals surface area contributed by atoms with E-state index in [1.165, 1.54) is 38.3 Å². The number of hydrogen-bond donors (Lipinski definition) is 1. The van der Waals surface area contributed by atoms with Crippen LogP contribution in [0.3, 0.4) is 0 Å². The Balaban J connectivity index is 1.29. The first kappa shape index (κ1) is 31.1. The number of benzene rings is 2. The number of rotatable bonds is 12. The van der Waals surface area contributed by atoms with Crippen molar-refractivity contribution in [1.82, 2.24) is 15.1 Å². The Morgan fingerprint density at radius 3 is 2.24 bits per heavy atom. The number of anilines is 1. The van der Waals surface area contributed by atoms with Crippen molar-refractivity contribution in [2.45, 2.75) is 57.4 Å². The predicted octanol–water partition coefficient (Wildman–Crippen LogP) is 3.60. The van der Waals surface area contributed by atoms with Crippen molar-refractivity contribution in [3.8, 4) is 0 Å². The largest absolute Gasteiger partial charge is 0.369 e. The summed E-state index contributed by atoms with van der Waals surface area (Å²) >= 11 is 0. The van der Waals surface area contributed by atoms with Crippen LogP contribution in [-0.4, -0.2) is 86.4 Å². The van der Waals surface area contributed by atoms with Crippen molar-refractivity contribution >= 4 is 36.5 Å². The number of aldehydes is 2. The van der Waals surface area contributed by atoms with Crippen molar-refractivity contribution in [2.24, 2.45) is 5.92 Å². The zero-order chi connectivity index (χ0) is 30.1. The number of nitrogens with zero attached hydrogens (tertiary/aromatic N) is 3. The van der Waals surface area contributed by atoms with E-state index in [4.69, 9.17) is 0 Å². The van der Waals surface area contributed by atoms with Gasteiger partial charge in [-0.3, -0.25) is 29.0 Å². The highest BCUT2D eigenvalue weighted by atomic mass is 16.2. The second kappa shape index (κ2) is 14.9. The van der Waals surface area contributed by atoms with E-state index >= 15 is 0 Å². The van der Waals surface area contributed by atoms with E-state index in [2.05, 4.69) is 27.2 Å². The molecular weight excluding hydrogens is 532 g/mol. The summed E-state index contributed by atoms with van der Waals surface area (Å²) in [7, 11) is 1.44. The van der Waals surface area contributed by atoms with Gasteiger partial charge >= 0.3 is 0 Å². The van der Waals surface area contributed by atoms with Gasteiger partial charge in [0, 0.05) is 63.0 Å². The van der Waals surface area contributed by atoms with Crippen LogP contribution in [0.2, 0.25) is 0 Å². The van der Waals surface area contributed by atoms with Gasteiger partial charge in [0.05, 0.1) is 0 Å². The van der Waals surface area contributed by atoms with E-state index in [9.17, 15) is 24.0 Å². The standard InChI is InChI=1S/C33H42N4O5/c1-24-20-29(13-14-30(24)33(42)37(23-40)31(4-3-19-38)32(41)34-2)36-17-15-35(16-18-36)21-25-5-9-27(10-6-25)28-11-7-26(22-39)8-12-28/h7-8,11-14,19-20,22-23,25,27,31H,3-6,9-10,15-18,21H2,1-2H3,(H,34,41). The lowest BCUT2D eigenvalue weighted by atomic mass is 9.78. The second-order valence-electron chi connectivity index (χ2n) is 11.5. The number of carbonyl (C=O) groups is 5. The number of hydrogen-bond acceptors (Lipinski definition) is 7. The van der Waals surface area contributed by atoms with Crippen LogP contribution in [-0.2, 0) is 14.4 Å². The highest BCUT2D eigenvalue weighted by Gasteiger charge is 2.31.